The first-order chi connectivity index (χ1) is 6.18. The van der Waals surface area contributed by atoms with E-state index in [-0.39, 0.29) is 18.1 Å². The van der Waals surface area contributed by atoms with Gasteiger partial charge in [0.2, 0.25) is 0 Å². The Morgan fingerprint density at radius 2 is 2.36 bits per heavy atom. The summed E-state index contributed by atoms with van der Waals surface area (Å²) in [6.07, 6.45) is 3.93. The van der Waals surface area contributed by atoms with Crippen LogP contribution in [0.25, 0.3) is 0 Å². The first-order valence-corrected chi connectivity index (χ1v) is 6.26. The lowest BCUT2D eigenvalue weighted by Crippen LogP contribution is -2.42. The molecule has 2 nitrogen and oxygen atoms in total. The van der Waals surface area contributed by atoms with E-state index in [1.165, 1.54) is 25.0 Å². The molecule has 2 saturated heterocycles. The normalized spacial score (nSPS) is 42.4. The van der Waals surface area contributed by atoms with Crippen molar-refractivity contribution in [2.75, 3.05) is 12.4 Å². The molecule has 0 radical (unpaired) electrons. The van der Waals surface area contributed by atoms with Crippen molar-refractivity contribution in [3.05, 3.63) is 0 Å². The van der Waals surface area contributed by atoms with Crippen LogP contribution in [0.5, 0.6) is 0 Å². The van der Waals surface area contributed by atoms with E-state index in [0.29, 0.717) is 6.04 Å². The summed E-state index contributed by atoms with van der Waals surface area (Å²) in [5.41, 5.74) is -0.0403. The predicted molar refractivity (Wildman–Crippen MR) is 64.3 cm³/mol. The zero-order valence-corrected chi connectivity index (χ0v) is 10.5. The molecule has 0 aromatic heterocycles. The number of rotatable bonds is 2. The largest absolute Gasteiger partial charge is 0.359 e. The monoisotopic (exact) mass is 237 g/mol. The maximum atomic E-state index is 5.79. The molecular weight excluding hydrogens is 218 g/mol. The van der Waals surface area contributed by atoms with Crippen molar-refractivity contribution in [3.63, 3.8) is 0 Å². The van der Waals surface area contributed by atoms with Crippen LogP contribution >= 0.6 is 24.2 Å². The average molecular weight is 238 g/mol. The van der Waals surface area contributed by atoms with Crippen molar-refractivity contribution in [2.45, 2.75) is 50.1 Å². The smallest absolute Gasteiger partial charge is 0.117 e. The van der Waals surface area contributed by atoms with Crippen LogP contribution in [0.15, 0.2) is 0 Å². The lowest BCUT2D eigenvalue weighted by Gasteiger charge is -2.26. The van der Waals surface area contributed by atoms with E-state index in [4.69, 9.17) is 4.74 Å². The fourth-order valence-corrected chi connectivity index (χ4v) is 3.71. The summed E-state index contributed by atoms with van der Waals surface area (Å²) in [6, 6.07) is 0.524. The molecule has 0 aliphatic carbocycles. The molecule has 4 heteroatoms. The van der Waals surface area contributed by atoms with E-state index >= 15 is 0 Å². The van der Waals surface area contributed by atoms with Crippen molar-refractivity contribution in [1.29, 1.82) is 0 Å². The molecule has 0 saturated carbocycles. The second-order valence-electron chi connectivity index (χ2n) is 4.43. The molecule has 3 unspecified atom stereocenters. The van der Waals surface area contributed by atoms with Gasteiger partial charge in [0, 0.05) is 17.7 Å². The van der Waals surface area contributed by atoms with Crippen LogP contribution < -0.4 is 5.32 Å². The van der Waals surface area contributed by atoms with Gasteiger partial charge in [-0.1, -0.05) is 0 Å². The third kappa shape index (κ3) is 3.02. The highest BCUT2D eigenvalue weighted by atomic mass is 35.5. The van der Waals surface area contributed by atoms with Crippen molar-refractivity contribution in [1.82, 2.24) is 5.32 Å². The maximum Gasteiger partial charge on any atom is 0.117 e. The van der Waals surface area contributed by atoms with Gasteiger partial charge in [0.05, 0.1) is 6.61 Å². The highest BCUT2D eigenvalue weighted by Gasteiger charge is 2.36. The van der Waals surface area contributed by atoms with Crippen molar-refractivity contribution < 1.29 is 4.74 Å². The van der Waals surface area contributed by atoms with Crippen LogP contribution in [-0.2, 0) is 4.74 Å². The molecule has 84 valence electrons. The first kappa shape index (κ1) is 12.6. The van der Waals surface area contributed by atoms with Crippen molar-refractivity contribution >= 4 is 24.2 Å². The zero-order chi connectivity index (χ0) is 9.31. The number of nitrogens with one attached hydrogen (secondary N) is 1. The predicted octanol–water partition coefficient (Wildman–Crippen LogP) is 2.42. The minimum absolute atomic E-state index is 0. The topological polar surface area (TPSA) is 21.3 Å². The molecule has 2 aliphatic rings. The Morgan fingerprint density at radius 3 is 2.86 bits per heavy atom. The summed E-state index contributed by atoms with van der Waals surface area (Å²) in [4.78, 5) is 0. The number of ether oxygens (including phenoxy) is 1. The van der Waals surface area contributed by atoms with Crippen LogP contribution in [0, 0.1) is 0 Å². The Labute approximate surface area is 97.0 Å². The third-order valence-electron chi connectivity index (χ3n) is 2.84. The average Bonchev–Trinajstić information content (AvgIpc) is 2.62. The van der Waals surface area contributed by atoms with E-state index in [0.717, 1.165) is 11.9 Å². The van der Waals surface area contributed by atoms with Gasteiger partial charge in [0.25, 0.3) is 0 Å². The van der Waals surface area contributed by atoms with Crippen LogP contribution in [0.1, 0.15) is 33.1 Å². The molecule has 2 rings (SSSR count). The van der Waals surface area contributed by atoms with Crippen LogP contribution in [0.4, 0.5) is 0 Å². The molecule has 2 fully saturated rings. The fraction of sp³-hybridized carbons (Fsp3) is 1.00. The van der Waals surface area contributed by atoms with E-state index < -0.39 is 0 Å². The summed E-state index contributed by atoms with van der Waals surface area (Å²) in [5, 5.41) is 4.34. The quantitative estimate of drug-likeness (QED) is 0.797. The Balaban J connectivity index is 0.000000980. The Morgan fingerprint density at radius 1 is 1.57 bits per heavy atom. The van der Waals surface area contributed by atoms with Crippen LogP contribution in [0.3, 0.4) is 0 Å². The number of hydrogen-bond donors (Lipinski definition) is 1. The van der Waals surface area contributed by atoms with Gasteiger partial charge in [-0.2, -0.15) is 11.8 Å². The summed E-state index contributed by atoms with van der Waals surface area (Å²) < 4.78 is 5.79. The minimum Gasteiger partial charge on any atom is -0.359 e. The first-order valence-electron chi connectivity index (χ1n) is 5.21. The Bertz CT molecular complexity index is 187. The number of halogens is 1. The van der Waals surface area contributed by atoms with Gasteiger partial charge in [-0.15, -0.1) is 12.4 Å². The summed E-state index contributed by atoms with van der Waals surface area (Å²) in [5.74, 6) is 1.34. The highest BCUT2D eigenvalue weighted by molar-refractivity contribution is 8.00. The number of thioether (sulfide) groups is 1. The molecule has 0 aromatic carbocycles. The van der Waals surface area contributed by atoms with Gasteiger partial charge >= 0.3 is 0 Å². The second kappa shape index (κ2) is 5.06. The SMILES string of the molecule is CC1COC(C)(CC2CCCS2)N1.Cl. The summed E-state index contributed by atoms with van der Waals surface area (Å²) in [6.45, 7) is 5.25. The lowest BCUT2D eigenvalue weighted by molar-refractivity contribution is -0.000830. The molecular formula is C10H20ClNOS. The lowest BCUT2D eigenvalue weighted by atomic mass is 10.1. The van der Waals surface area contributed by atoms with E-state index in [1.807, 2.05) is 0 Å². The fourth-order valence-electron chi connectivity index (χ4n) is 2.27. The van der Waals surface area contributed by atoms with Gasteiger partial charge in [-0.3, -0.25) is 5.32 Å². The van der Waals surface area contributed by atoms with Crippen LogP contribution in [0.2, 0.25) is 0 Å². The molecule has 14 heavy (non-hydrogen) atoms. The highest BCUT2D eigenvalue weighted by Crippen LogP contribution is 2.34. The third-order valence-corrected chi connectivity index (χ3v) is 4.24. The Hall–Kier alpha value is 0.560. The second-order valence-corrected chi connectivity index (χ2v) is 5.83. The standard InChI is InChI=1S/C10H19NOS.ClH/c1-8-7-12-10(2,11-8)6-9-4-3-5-13-9;/h8-9,11H,3-7H2,1-2H3;1H. The van der Waals surface area contributed by atoms with Gasteiger partial charge in [0.15, 0.2) is 0 Å². The van der Waals surface area contributed by atoms with Gasteiger partial charge in [-0.05, 0) is 32.4 Å². The van der Waals surface area contributed by atoms with Gasteiger partial charge < -0.3 is 4.74 Å². The van der Waals surface area contributed by atoms with Gasteiger partial charge in [-0.25, -0.2) is 0 Å². The molecule has 3 atom stereocenters. The van der Waals surface area contributed by atoms with E-state index in [1.54, 1.807) is 0 Å². The van der Waals surface area contributed by atoms with E-state index in [2.05, 4.69) is 30.9 Å². The van der Waals surface area contributed by atoms with Crippen molar-refractivity contribution in [2.24, 2.45) is 0 Å². The van der Waals surface area contributed by atoms with Crippen molar-refractivity contribution in [3.8, 4) is 0 Å². The molecule has 1 N–H and O–H groups in total. The maximum absolute atomic E-state index is 5.79. The molecule has 0 aromatic rings. The molecule has 2 heterocycles. The minimum atomic E-state index is -0.0403. The molecule has 2 aliphatic heterocycles. The Kier molecular flexibility index (Phi) is 4.56. The molecule has 0 bridgehead atoms. The zero-order valence-electron chi connectivity index (χ0n) is 8.91. The van der Waals surface area contributed by atoms with Gasteiger partial charge in [0.1, 0.15) is 5.72 Å². The molecule has 0 spiro atoms. The molecule has 0 amide bonds. The van der Waals surface area contributed by atoms with Crippen LogP contribution in [-0.4, -0.2) is 29.4 Å². The summed E-state index contributed by atoms with van der Waals surface area (Å²) in [7, 11) is 0. The summed E-state index contributed by atoms with van der Waals surface area (Å²) >= 11 is 2.11. The number of hydrogen-bond acceptors (Lipinski definition) is 3. The van der Waals surface area contributed by atoms with E-state index in [9.17, 15) is 0 Å².